The Bertz CT molecular complexity index is 2050. The van der Waals surface area contributed by atoms with Crippen LogP contribution in [0.5, 0.6) is 0 Å². The lowest BCUT2D eigenvalue weighted by atomic mass is 10.1. The molecule has 0 fully saturated rings. The summed E-state index contributed by atoms with van der Waals surface area (Å²) in [7, 11) is 2.31. The van der Waals surface area contributed by atoms with Crippen LogP contribution in [0.15, 0.2) is 48.7 Å². The number of hydrogen-bond acceptors (Lipinski definition) is 10. The van der Waals surface area contributed by atoms with Crippen LogP contribution in [0.2, 0.25) is 0 Å². The number of carbonyl (C=O) groups is 4. The second kappa shape index (κ2) is 14.0. The Hall–Kier alpha value is -4.22. The van der Waals surface area contributed by atoms with Crippen molar-refractivity contribution in [3.63, 3.8) is 0 Å². The number of nitrogens with one attached hydrogen (secondary N) is 4. The summed E-state index contributed by atoms with van der Waals surface area (Å²) >= 11 is 3.37. The molecule has 12 nitrogen and oxygen atoms in total. The van der Waals surface area contributed by atoms with Gasteiger partial charge >= 0.3 is 12.2 Å². The van der Waals surface area contributed by atoms with Crippen molar-refractivity contribution in [3.8, 4) is 21.0 Å². The molecule has 4 heterocycles. The highest BCUT2D eigenvalue weighted by atomic mass is 32.1. The van der Waals surface area contributed by atoms with E-state index in [-0.39, 0.29) is 54.1 Å². The summed E-state index contributed by atoms with van der Waals surface area (Å²) in [6.45, 7) is 0.447. The number of aromatic amines is 2. The number of benzene rings is 2. The SMILES string of the molecule is COC(=O)NCCC(=O)Pc1ncc(-c2cc3cc4sc(-c5ccc6nc(PC(=O)CCNC(=O)OC)[nH]c6c5)cc4cc3s2)[nH]1. The van der Waals surface area contributed by atoms with Gasteiger partial charge in [0.05, 0.1) is 42.0 Å². The second-order valence-electron chi connectivity index (χ2n) is 10.0. The molecule has 4 N–H and O–H groups in total. The Kier molecular flexibility index (Phi) is 9.70. The van der Waals surface area contributed by atoms with Gasteiger partial charge in [-0.1, -0.05) is 6.07 Å². The number of aromatic nitrogens is 4. The van der Waals surface area contributed by atoms with E-state index in [0.29, 0.717) is 11.1 Å². The minimum atomic E-state index is -0.558. The number of rotatable bonds is 12. The number of imidazole rings is 2. The molecule has 0 aliphatic carbocycles. The van der Waals surface area contributed by atoms with Gasteiger partial charge in [-0.3, -0.25) is 9.59 Å². The zero-order valence-corrected chi connectivity index (χ0v) is 28.2. The highest BCUT2D eigenvalue weighted by molar-refractivity contribution is 7.65. The van der Waals surface area contributed by atoms with Crippen molar-refractivity contribution in [1.29, 1.82) is 0 Å². The molecule has 0 bridgehead atoms. The number of carbonyl (C=O) groups excluding carboxylic acids is 4. The average Bonchev–Trinajstić information content (AvgIpc) is 3.84. The highest BCUT2D eigenvalue weighted by Crippen LogP contribution is 2.40. The molecule has 4 aromatic heterocycles. The Morgan fingerprint density at radius 3 is 2.04 bits per heavy atom. The number of alkyl carbamates (subject to hydrolysis) is 2. The van der Waals surface area contributed by atoms with Crippen molar-refractivity contribution in [1.82, 2.24) is 30.6 Å². The summed E-state index contributed by atoms with van der Waals surface area (Å²) < 4.78 is 11.4. The molecular weight excluding hydrogens is 666 g/mol. The first-order valence-corrected chi connectivity index (χ1v) is 17.7. The number of hydrogen-bond donors (Lipinski definition) is 4. The molecule has 0 saturated heterocycles. The van der Waals surface area contributed by atoms with E-state index >= 15 is 0 Å². The van der Waals surface area contributed by atoms with Crippen LogP contribution in [-0.2, 0) is 19.1 Å². The molecule has 0 aliphatic heterocycles. The predicted molar refractivity (Wildman–Crippen MR) is 186 cm³/mol. The van der Waals surface area contributed by atoms with Crippen molar-refractivity contribution in [3.05, 3.63) is 48.7 Å². The summed E-state index contributed by atoms with van der Waals surface area (Å²) in [5.74, 6) is 0. The molecule has 46 heavy (non-hydrogen) atoms. The normalized spacial score (nSPS) is 11.8. The Morgan fingerprint density at radius 1 is 0.783 bits per heavy atom. The third-order valence-electron chi connectivity index (χ3n) is 6.89. The van der Waals surface area contributed by atoms with Gasteiger partial charge < -0.3 is 30.1 Å². The minimum Gasteiger partial charge on any atom is -0.453 e. The monoisotopic (exact) mass is 694 g/mol. The Labute approximate surface area is 273 Å². The second-order valence-corrected chi connectivity index (χ2v) is 14.8. The molecule has 2 atom stereocenters. The number of nitrogens with zero attached hydrogens (tertiary/aromatic N) is 2. The van der Waals surface area contributed by atoms with E-state index in [0.717, 1.165) is 47.5 Å². The molecule has 6 rings (SSSR count). The van der Waals surface area contributed by atoms with E-state index in [1.807, 2.05) is 12.1 Å². The fourth-order valence-electron chi connectivity index (χ4n) is 4.67. The van der Waals surface area contributed by atoms with E-state index in [1.165, 1.54) is 18.9 Å². The fourth-order valence-corrected chi connectivity index (χ4v) is 8.54. The highest BCUT2D eigenvalue weighted by Gasteiger charge is 2.15. The number of ether oxygens (including phenoxy) is 2. The molecule has 0 radical (unpaired) electrons. The first kappa shape index (κ1) is 31.7. The predicted octanol–water partition coefficient (Wildman–Crippen LogP) is 5.20. The largest absolute Gasteiger partial charge is 0.453 e. The number of H-pyrrole nitrogens is 2. The molecule has 6 aromatic rings. The molecule has 0 saturated carbocycles. The molecule has 2 unspecified atom stereocenters. The van der Waals surface area contributed by atoms with Gasteiger partial charge in [0.15, 0.2) is 11.0 Å². The van der Waals surface area contributed by atoms with Gasteiger partial charge in [-0.2, -0.15) is 0 Å². The topological polar surface area (TPSA) is 168 Å². The molecule has 2 amide bonds. The van der Waals surface area contributed by atoms with Crippen LogP contribution in [0.1, 0.15) is 12.8 Å². The smallest absolute Gasteiger partial charge is 0.406 e. The van der Waals surface area contributed by atoms with Crippen LogP contribution in [-0.4, -0.2) is 70.5 Å². The van der Waals surface area contributed by atoms with Gasteiger partial charge in [-0.15, -0.1) is 22.7 Å². The Balaban J connectivity index is 1.13. The zero-order valence-electron chi connectivity index (χ0n) is 24.6. The molecular formula is C30H28N6O6P2S2. The van der Waals surface area contributed by atoms with Crippen LogP contribution in [0.3, 0.4) is 0 Å². The van der Waals surface area contributed by atoms with Crippen LogP contribution in [0, 0.1) is 0 Å². The van der Waals surface area contributed by atoms with E-state index in [2.05, 4.69) is 70.4 Å². The third kappa shape index (κ3) is 7.42. The van der Waals surface area contributed by atoms with Gasteiger partial charge in [0.2, 0.25) is 0 Å². The first-order valence-electron chi connectivity index (χ1n) is 14.0. The molecule has 16 heteroatoms. The maximum absolute atomic E-state index is 12.4. The Morgan fingerprint density at radius 2 is 1.39 bits per heavy atom. The van der Waals surface area contributed by atoms with Gasteiger partial charge in [-0.25, -0.2) is 19.6 Å². The van der Waals surface area contributed by atoms with Crippen molar-refractivity contribution in [2.75, 3.05) is 27.3 Å². The van der Waals surface area contributed by atoms with Crippen LogP contribution in [0.4, 0.5) is 9.59 Å². The standard InChI is InChI=1S/C30H28N6O6P2S2/c1-41-29(39)31-7-5-25(37)43-27-33-14-20(36-27)24-13-17-12-22-16(11-23(17)46-24)10-21(45-22)15-3-4-18-19(9-15)35-28(34-18)44-26(38)6-8-32-30(40)42-2/h3-4,9-14,43-44H,5-8H2,1-2H3,(H,31,39)(H,32,40)(H,33,36)(H,34,35). The van der Waals surface area contributed by atoms with Crippen molar-refractivity contribution >= 4 is 105 Å². The molecule has 0 aliphatic rings. The van der Waals surface area contributed by atoms with Crippen molar-refractivity contribution in [2.24, 2.45) is 0 Å². The van der Waals surface area contributed by atoms with E-state index in [4.69, 9.17) is 0 Å². The fraction of sp³-hybridized carbons (Fsp3) is 0.200. The number of amides is 2. The summed E-state index contributed by atoms with van der Waals surface area (Å²) in [5, 5.41) is 7.30. The summed E-state index contributed by atoms with van der Waals surface area (Å²) in [6, 6.07) is 14.8. The van der Waals surface area contributed by atoms with Gasteiger partial charge in [0, 0.05) is 57.4 Å². The maximum atomic E-state index is 12.4. The summed E-state index contributed by atoms with van der Waals surface area (Å²) in [6.07, 6.45) is 1.06. The van der Waals surface area contributed by atoms with Crippen molar-refractivity contribution in [2.45, 2.75) is 12.8 Å². The molecule has 236 valence electrons. The summed E-state index contributed by atoms with van der Waals surface area (Å²) in [4.78, 5) is 64.7. The zero-order chi connectivity index (χ0) is 32.2. The molecule has 2 aromatic carbocycles. The van der Waals surface area contributed by atoms with Gasteiger partial charge in [0.25, 0.3) is 0 Å². The van der Waals surface area contributed by atoms with E-state index in [1.54, 1.807) is 28.9 Å². The van der Waals surface area contributed by atoms with Crippen molar-refractivity contribution < 1.29 is 28.7 Å². The lowest BCUT2D eigenvalue weighted by molar-refractivity contribution is -0.111. The first-order chi connectivity index (χ1) is 22.3. The number of fused-ring (bicyclic) bond motifs is 3. The van der Waals surface area contributed by atoms with Crippen LogP contribution in [0.25, 0.3) is 52.2 Å². The third-order valence-corrected chi connectivity index (χ3v) is 11.2. The average molecular weight is 695 g/mol. The number of thiophene rings is 2. The quantitative estimate of drug-likeness (QED) is 0.127. The molecule has 0 spiro atoms. The minimum absolute atomic E-state index is 0.00544. The van der Waals surface area contributed by atoms with Gasteiger partial charge in [-0.05, 0) is 52.7 Å². The van der Waals surface area contributed by atoms with E-state index < -0.39 is 12.2 Å². The van der Waals surface area contributed by atoms with Gasteiger partial charge in [0.1, 0.15) is 11.1 Å². The maximum Gasteiger partial charge on any atom is 0.406 e. The number of methoxy groups -OCH3 is 2. The summed E-state index contributed by atoms with van der Waals surface area (Å²) in [5.41, 5.74) is 4.80. The van der Waals surface area contributed by atoms with Crippen LogP contribution < -0.4 is 21.8 Å². The van der Waals surface area contributed by atoms with E-state index in [9.17, 15) is 19.2 Å². The van der Waals surface area contributed by atoms with Crippen LogP contribution >= 0.6 is 39.8 Å². The lowest BCUT2D eigenvalue weighted by Crippen LogP contribution is -2.25. The lowest BCUT2D eigenvalue weighted by Gasteiger charge is -2.02.